The molecule has 0 aliphatic carbocycles. The summed E-state index contributed by atoms with van der Waals surface area (Å²) in [4.78, 5) is 16.9. The molecule has 2 heterocycles. The van der Waals surface area contributed by atoms with Crippen LogP contribution in [-0.4, -0.2) is 15.8 Å². The molecule has 5 aromatic rings. The van der Waals surface area contributed by atoms with Crippen LogP contribution >= 0.6 is 11.6 Å². The predicted octanol–water partition coefficient (Wildman–Crippen LogP) is 6.37. The summed E-state index contributed by atoms with van der Waals surface area (Å²) in [6, 6.07) is 28.1. The predicted molar refractivity (Wildman–Crippen MR) is 119 cm³/mol. The van der Waals surface area contributed by atoms with Gasteiger partial charge in [0.05, 0.1) is 21.8 Å². The molecule has 4 heteroatoms. The van der Waals surface area contributed by atoms with Gasteiger partial charge in [-0.05, 0) is 11.6 Å². The van der Waals surface area contributed by atoms with Crippen molar-refractivity contribution in [3.63, 3.8) is 0 Å². The first-order chi connectivity index (χ1) is 14.3. The lowest BCUT2D eigenvalue weighted by molar-refractivity contribution is 0.112. The zero-order chi connectivity index (χ0) is 19.8. The maximum atomic E-state index is 12.0. The highest BCUT2D eigenvalue weighted by Crippen LogP contribution is 2.38. The van der Waals surface area contributed by atoms with E-state index in [0.29, 0.717) is 22.8 Å². The highest BCUT2D eigenvalue weighted by molar-refractivity contribution is 6.40. The number of carbonyl (C=O) groups is 1. The number of aldehydes is 1. The number of nitrogens with zero attached hydrogens (tertiary/aromatic N) is 2. The molecule has 0 amide bonds. The van der Waals surface area contributed by atoms with E-state index in [1.807, 2.05) is 66.7 Å². The Kier molecular flexibility index (Phi) is 4.38. The molecule has 0 aliphatic rings. The molecule has 29 heavy (non-hydrogen) atoms. The number of hydrogen-bond donors (Lipinski definition) is 0. The van der Waals surface area contributed by atoms with Gasteiger partial charge in [-0.25, -0.2) is 4.98 Å². The minimum absolute atomic E-state index is 0.424. The van der Waals surface area contributed by atoms with E-state index in [0.717, 1.165) is 33.8 Å². The van der Waals surface area contributed by atoms with Gasteiger partial charge in [-0.3, -0.25) is 4.79 Å². The summed E-state index contributed by atoms with van der Waals surface area (Å²) in [5.41, 5.74) is 4.90. The molecule has 0 saturated carbocycles. The lowest BCUT2D eigenvalue weighted by Crippen LogP contribution is -2.02. The monoisotopic (exact) mass is 396 g/mol. The van der Waals surface area contributed by atoms with Crippen LogP contribution in [0.1, 0.15) is 15.9 Å². The van der Waals surface area contributed by atoms with Crippen LogP contribution in [-0.2, 0) is 6.54 Å². The Morgan fingerprint density at radius 3 is 2.24 bits per heavy atom. The molecule has 0 radical (unpaired) electrons. The SMILES string of the molecule is O=Cc1c(-c2ccccc2)nc2c(c1Cl)c1ccccc1n2Cc1ccccc1. The van der Waals surface area contributed by atoms with E-state index in [1.54, 1.807) is 0 Å². The summed E-state index contributed by atoms with van der Waals surface area (Å²) >= 11 is 6.81. The Morgan fingerprint density at radius 1 is 0.862 bits per heavy atom. The number of aromatic nitrogens is 2. The molecule has 3 aromatic carbocycles. The summed E-state index contributed by atoms with van der Waals surface area (Å²) in [5.74, 6) is 0. The fraction of sp³-hybridized carbons (Fsp3) is 0.0400. The molecule has 0 spiro atoms. The molecular weight excluding hydrogens is 380 g/mol. The Morgan fingerprint density at radius 2 is 1.52 bits per heavy atom. The van der Waals surface area contributed by atoms with E-state index in [-0.39, 0.29) is 0 Å². The third-order valence-electron chi connectivity index (χ3n) is 5.22. The Labute approximate surface area is 173 Å². The van der Waals surface area contributed by atoms with Gasteiger partial charge in [-0.2, -0.15) is 0 Å². The minimum atomic E-state index is 0.424. The number of hydrogen-bond acceptors (Lipinski definition) is 2. The van der Waals surface area contributed by atoms with Crippen LogP contribution in [0.15, 0.2) is 84.9 Å². The molecule has 0 atom stereocenters. The van der Waals surface area contributed by atoms with Crippen LogP contribution in [0.2, 0.25) is 5.02 Å². The summed E-state index contributed by atoms with van der Waals surface area (Å²) < 4.78 is 2.17. The van der Waals surface area contributed by atoms with Gasteiger partial charge >= 0.3 is 0 Å². The largest absolute Gasteiger partial charge is 0.321 e. The van der Waals surface area contributed by atoms with E-state index in [1.165, 1.54) is 5.56 Å². The number of benzene rings is 3. The zero-order valence-electron chi connectivity index (χ0n) is 15.5. The Balaban J connectivity index is 1.88. The molecule has 140 valence electrons. The normalized spacial score (nSPS) is 11.2. The van der Waals surface area contributed by atoms with Gasteiger partial charge in [0.15, 0.2) is 6.29 Å². The van der Waals surface area contributed by atoms with Crippen LogP contribution in [0.25, 0.3) is 33.2 Å². The van der Waals surface area contributed by atoms with E-state index in [2.05, 4.69) is 22.8 Å². The smallest absolute Gasteiger partial charge is 0.153 e. The van der Waals surface area contributed by atoms with Crippen molar-refractivity contribution < 1.29 is 4.79 Å². The molecule has 3 nitrogen and oxygen atoms in total. The van der Waals surface area contributed by atoms with E-state index in [9.17, 15) is 4.79 Å². The van der Waals surface area contributed by atoms with Crippen molar-refractivity contribution in [3.8, 4) is 11.3 Å². The topological polar surface area (TPSA) is 34.9 Å². The van der Waals surface area contributed by atoms with Crippen molar-refractivity contribution in [2.45, 2.75) is 6.54 Å². The van der Waals surface area contributed by atoms with Crippen molar-refractivity contribution >= 4 is 39.8 Å². The second-order valence-electron chi connectivity index (χ2n) is 6.96. The Bertz CT molecular complexity index is 1340. The summed E-state index contributed by atoms with van der Waals surface area (Å²) in [6.45, 7) is 0.669. The van der Waals surface area contributed by atoms with Gasteiger partial charge in [0.1, 0.15) is 5.65 Å². The van der Waals surface area contributed by atoms with Crippen molar-refractivity contribution in [1.82, 2.24) is 9.55 Å². The minimum Gasteiger partial charge on any atom is -0.321 e. The second-order valence-corrected chi connectivity index (χ2v) is 7.34. The van der Waals surface area contributed by atoms with E-state index < -0.39 is 0 Å². The van der Waals surface area contributed by atoms with Crippen LogP contribution in [0, 0.1) is 0 Å². The van der Waals surface area contributed by atoms with Crippen molar-refractivity contribution in [3.05, 3.63) is 101 Å². The van der Waals surface area contributed by atoms with Crippen LogP contribution in [0.5, 0.6) is 0 Å². The van der Waals surface area contributed by atoms with Crippen molar-refractivity contribution in [2.75, 3.05) is 0 Å². The first-order valence-corrected chi connectivity index (χ1v) is 9.80. The lowest BCUT2D eigenvalue weighted by atomic mass is 10.0. The van der Waals surface area contributed by atoms with E-state index >= 15 is 0 Å². The molecule has 2 aromatic heterocycles. The van der Waals surface area contributed by atoms with Gasteiger partial charge < -0.3 is 4.57 Å². The molecule has 5 rings (SSSR count). The van der Waals surface area contributed by atoms with Crippen molar-refractivity contribution in [1.29, 1.82) is 0 Å². The molecular formula is C25H17ClN2O. The fourth-order valence-corrected chi connectivity index (χ4v) is 4.20. The summed E-state index contributed by atoms with van der Waals surface area (Å²) in [6.07, 6.45) is 0.806. The molecule has 0 unspecified atom stereocenters. The second kappa shape index (κ2) is 7.19. The molecule has 0 fully saturated rings. The number of carbonyl (C=O) groups excluding carboxylic acids is 1. The zero-order valence-corrected chi connectivity index (χ0v) is 16.3. The average Bonchev–Trinajstić information content (AvgIpc) is 3.09. The lowest BCUT2D eigenvalue weighted by Gasteiger charge is -2.11. The van der Waals surface area contributed by atoms with E-state index in [4.69, 9.17) is 16.6 Å². The number of pyridine rings is 1. The number of rotatable bonds is 4. The molecule has 0 bridgehead atoms. The number of para-hydroxylation sites is 1. The number of fused-ring (bicyclic) bond motifs is 3. The molecule has 0 saturated heterocycles. The van der Waals surface area contributed by atoms with Crippen molar-refractivity contribution in [2.24, 2.45) is 0 Å². The Hall–Kier alpha value is -3.43. The number of halogens is 1. The van der Waals surface area contributed by atoms with Gasteiger partial charge in [0.2, 0.25) is 0 Å². The third-order valence-corrected chi connectivity index (χ3v) is 5.61. The standard InChI is InChI=1S/C25H17ClN2O/c26-23-20(16-29)24(18-11-5-2-6-12-18)27-25-22(23)19-13-7-8-14-21(19)28(25)15-17-9-3-1-4-10-17/h1-14,16H,15H2. The summed E-state index contributed by atoms with van der Waals surface area (Å²) in [5, 5.41) is 2.27. The van der Waals surface area contributed by atoms with Gasteiger partial charge in [0, 0.05) is 22.9 Å². The third kappa shape index (κ3) is 2.91. The highest BCUT2D eigenvalue weighted by atomic mass is 35.5. The quantitative estimate of drug-likeness (QED) is 0.331. The first-order valence-electron chi connectivity index (χ1n) is 9.43. The maximum Gasteiger partial charge on any atom is 0.153 e. The van der Waals surface area contributed by atoms with Gasteiger partial charge in [0.25, 0.3) is 0 Å². The van der Waals surface area contributed by atoms with Crippen LogP contribution in [0.3, 0.4) is 0 Å². The van der Waals surface area contributed by atoms with Crippen LogP contribution < -0.4 is 0 Å². The molecule has 0 N–H and O–H groups in total. The first kappa shape index (κ1) is 17.7. The van der Waals surface area contributed by atoms with Gasteiger partial charge in [-0.15, -0.1) is 0 Å². The average molecular weight is 397 g/mol. The summed E-state index contributed by atoms with van der Waals surface area (Å²) in [7, 11) is 0. The van der Waals surface area contributed by atoms with Crippen LogP contribution in [0.4, 0.5) is 0 Å². The maximum absolute atomic E-state index is 12.0. The highest BCUT2D eigenvalue weighted by Gasteiger charge is 2.21. The van der Waals surface area contributed by atoms with Gasteiger partial charge in [-0.1, -0.05) is 90.5 Å². The fourth-order valence-electron chi connectivity index (χ4n) is 3.88. The molecule has 0 aliphatic heterocycles.